The summed E-state index contributed by atoms with van der Waals surface area (Å²) >= 11 is 0. The molecule has 1 aliphatic heterocycles. The van der Waals surface area contributed by atoms with Gasteiger partial charge in [-0.3, -0.25) is 0 Å². The molecular weight excluding hydrogens is 172 g/mol. The summed E-state index contributed by atoms with van der Waals surface area (Å²) in [5.74, 6) is 0. The van der Waals surface area contributed by atoms with Crippen LogP contribution < -0.4 is 5.73 Å². The molecule has 0 amide bonds. The van der Waals surface area contributed by atoms with Gasteiger partial charge >= 0.3 is 0 Å². The molecule has 0 aliphatic carbocycles. The Labute approximate surface area is 88.8 Å². The first-order valence-corrected chi connectivity index (χ1v) is 6.07. The Morgan fingerprint density at radius 1 is 1.29 bits per heavy atom. The fraction of sp³-hybridized carbons (Fsp3) is 1.00. The molecule has 2 N–H and O–H groups in total. The largest absolute Gasteiger partial charge is 0.327 e. The van der Waals surface area contributed by atoms with Crippen LogP contribution in [0.2, 0.25) is 0 Å². The zero-order valence-corrected chi connectivity index (χ0v) is 10.1. The second-order valence-electron chi connectivity index (χ2n) is 5.13. The van der Waals surface area contributed by atoms with Crippen molar-refractivity contribution in [1.29, 1.82) is 0 Å². The Kier molecular flexibility index (Phi) is 4.39. The zero-order chi connectivity index (χ0) is 10.6. The van der Waals surface area contributed by atoms with Crippen LogP contribution in [0, 0.1) is 5.41 Å². The Morgan fingerprint density at radius 3 is 2.29 bits per heavy atom. The molecule has 0 spiro atoms. The summed E-state index contributed by atoms with van der Waals surface area (Å²) in [6.45, 7) is 10.5. The summed E-state index contributed by atoms with van der Waals surface area (Å²) in [6.07, 6.45) is 5.11. The van der Waals surface area contributed by atoms with Crippen molar-refractivity contribution in [2.24, 2.45) is 11.1 Å². The Bertz CT molecular complexity index is 160. The zero-order valence-electron chi connectivity index (χ0n) is 10.1. The lowest BCUT2D eigenvalue weighted by atomic mass is 9.78. The molecule has 84 valence electrons. The van der Waals surface area contributed by atoms with Gasteiger partial charge in [-0.25, -0.2) is 0 Å². The second-order valence-corrected chi connectivity index (χ2v) is 5.13. The van der Waals surface area contributed by atoms with E-state index in [-0.39, 0.29) is 0 Å². The highest BCUT2D eigenvalue weighted by Crippen LogP contribution is 2.33. The van der Waals surface area contributed by atoms with Crippen molar-refractivity contribution in [1.82, 2.24) is 4.90 Å². The van der Waals surface area contributed by atoms with Gasteiger partial charge in [-0.1, -0.05) is 27.2 Å². The minimum atomic E-state index is 0.376. The van der Waals surface area contributed by atoms with Crippen LogP contribution in [0.4, 0.5) is 0 Å². The van der Waals surface area contributed by atoms with E-state index >= 15 is 0 Å². The maximum absolute atomic E-state index is 5.96. The molecule has 1 atom stereocenters. The second kappa shape index (κ2) is 5.13. The van der Waals surface area contributed by atoms with Gasteiger partial charge in [0, 0.05) is 12.6 Å². The van der Waals surface area contributed by atoms with Crippen LogP contribution in [0.5, 0.6) is 0 Å². The van der Waals surface area contributed by atoms with E-state index in [0.717, 1.165) is 13.0 Å². The van der Waals surface area contributed by atoms with Crippen molar-refractivity contribution in [2.75, 3.05) is 19.6 Å². The number of hydrogen-bond acceptors (Lipinski definition) is 2. The lowest BCUT2D eigenvalue weighted by molar-refractivity contribution is 0.109. The van der Waals surface area contributed by atoms with Crippen molar-refractivity contribution in [3.63, 3.8) is 0 Å². The van der Waals surface area contributed by atoms with E-state index in [9.17, 15) is 0 Å². The normalized spacial score (nSPS) is 24.9. The number of hydrogen-bond donors (Lipinski definition) is 1. The van der Waals surface area contributed by atoms with Crippen molar-refractivity contribution >= 4 is 0 Å². The number of nitrogens with zero attached hydrogens (tertiary/aromatic N) is 1. The molecule has 14 heavy (non-hydrogen) atoms. The molecule has 0 aromatic heterocycles. The Hall–Kier alpha value is -0.0800. The predicted molar refractivity (Wildman–Crippen MR) is 62.3 cm³/mol. The van der Waals surface area contributed by atoms with Crippen LogP contribution in [0.25, 0.3) is 0 Å². The number of piperidine rings is 1. The van der Waals surface area contributed by atoms with Gasteiger partial charge in [0.1, 0.15) is 0 Å². The van der Waals surface area contributed by atoms with Gasteiger partial charge in [-0.05, 0) is 37.8 Å². The lowest BCUT2D eigenvalue weighted by Crippen LogP contribution is -2.44. The lowest BCUT2D eigenvalue weighted by Gasteiger charge is -2.39. The Morgan fingerprint density at radius 2 is 1.86 bits per heavy atom. The first-order valence-electron chi connectivity index (χ1n) is 6.07. The molecule has 1 saturated heterocycles. The van der Waals surface area contributed by atoms with E-state index in [1.165, 1.54) is 32.4 Å². The van der Waals surface area contributed by atoms with Gasteiger partial charge in [-0.15, -0.1) is 0 Å². The molecule has 1 heterocycles. The van der Waals surface area contributed by atoms with Gasteiger partial charge in [-0.2, -0.15) is 0 Å². The van der Waals surface area contributed by atoms with Crippen LogP contribution in [-0.4, -0.2) is 30.6 Å². The number of nitrogens with two attached hydrogens (primary N) is 1. The third-order valence-electron chi connectivity index (χ3n) is 3.93. The molecule has 0 aromatic carbocycles. The van der Waals surface area contributed by atoms with Gasteiger partial charge in [0.2, 0.25) is 0 Å². The Balaban J connectivity index is 2.29. The fourth-order valence-electron chi connectivity index (χ4n) is 2.09. The highest BCUT2D eigenvalue weighted by atomic mass is 15.1. The van der Waals surface area contributed by atoms with E-state index in [0.29, 0.717) is 11.5 Å². The molecule has 0 saturated carbocycles. The predicted octanol–water partition coefficient (Wildman–Crippen LogP) is 2.24. The number of rotatable bonds is 4. The van der Waals surface area contributed by atoms with Crippen molar-refractivity contribution in [2.45, 2.75) is 52.5 Å². The van der Waals surface area contributed by atoms with Crippen molar-refractivity contribution < 1.29 is 0 Å². The maximum Gasteiger partial charge on any atom is 0.0165 e. The molecule has 1 fully saturated rings. The molecule has 2 heteroatoms. The molecule has 0 bridgehead atoms. The van der Waals surface area contributed by atoms with E-state index in [1.807, 2.05) is 0 Å². The van der Waals surface area contributed by atoms with Gasteiger partial charge in [0.05, 0.1) is 0 Å². The third-order valence-corrected chi connectivity index (χ3v) is 3.93. The molecule has 0 radical (unpaired) electrons. The van der Waals surface area contributed by atoms with E-state index in [1.54, 1.807) is 0 Å². The highest BCUT2D eigenvalue weighted by molar-refractivity contribution is 4.82. The summed E-state index contributed by atoms with van der Waals surface area (Å²) in [7, 11) is 0. The summed E-state index contributed by atoms with van der Waals surface area (Å²) < 4.78 is 0. The van der Waals surface area contributed by atoms with Crippen LogP contribution in [0.1, 0.15) is 46.5 Å². The van der Waals surface area contributed by atoms with Crippen LogP contribution in [0.3, 0.4) is 0 Å². The fourth-order valence-corrected chi connectivity index (χ4v) is 2.09. The number of likely N-dealkylation sites (tertiary alicyclic amines) is 1. The van der Waals surface area contributed by atoms with Gasteiger partial charge < -0.3 is 10.6 Å². The molecule has 1 unspecified atom stereocenters. The average molecular weight is 198 g/mol. The molecule has 2 nitrogen and oxygen atoms in total. The minimum Gasteiger partial charge on any atom is -0.327 e. The molecule has 1 rings (SSSR count). The van der Waals surface area contributed by atoms with Crippen molar-refractivity contribution in [3.8, 4) is 0 Å². The minimum absolute atomic E-state index is 0.376. The average Bonchev–Trinajstić information content (AvgIpc) is 2.21. The van der Waals surface area contributed by atoms with Gasteiger partial charge in [0.15, 0.2) is 0 Å². The smallest absolute Gasteiger partial charge is 0.0165 e. The molecular formula is C12H26N2. The van der Waals surface area contributed by atoms with E-state index in [4.69, 9.17) is 5.73 Å². The van der Waals surface area contributed by atoms with Crippen LogP contribution in [-0.2, 0) is 0 Å². The van der Waals surface area contributed by atoms with E-state index in [2.05, 4.69) is 25.7 Å². The van der Waals surface area contributed by atoms with E-state index < -0.39 is 0 Å². The summed E-state index contributed by atoms with van der Waals surface area (Å²) in [4.78, 5) is 2.53. The molecule has 1 aliphatic rings. The van der Waals surface area contributed by atoms with Gasteiger partial charge in [0.25, 0.3) is 0 Å². The summed E-state index contributed by atoms with van der Waals surface area (Å²) in [5.41, 5.74) is 6.57. The first kappa shape index (κ1) is 12.0. The topological polar surface area (TPSA) is 29.3 Å². The SMILES string of the molecule is CCC(N)CN1CCC(C)(CC)CC1. The monoisotopic (exact) mass is 198 g/mol. The standard InChI is InChI=1S/C12H26N2/c1-4-11(13)10-14-8-6-12(3,5-2)7-9-14/h11H,4-10,13H2,1-3H3. The summed E-state index contributed by atoms with van der Waals surface area (Å²) in [6, 6.07) is 0.376. The quantitative estimate of drug-likeness (QED) is 0.750. The summed E-state index contributed by atoms with van der Waals surface area (Å²) in [5, 5.41) is 0. The molecule has 0 aromatic rings. The van der Waals surface area contributed by atoms with Crippen LogP contribution in [0.15, 0.2) is 0 Å². The maximum atomic E-state index is 5.96. The first-order chi connectivity index (χ1) is 6.59. The van der Waals surface area contributed by atoms with Crippen molar-refractivity contribution in [3.05, 3.63) is 0 Å². The highest BCUT2D eigenvalue weighted by Gasteiger charge is 2.28. The van der Waals surface area contributed by atoms with Crippen LogP contribution >= 0.6 is 0 Å². The third kappa shape index (κ3) is 3.25.